The molecule has 2 fully saturated rings. The van der Waals surface area contributed by atoms with Gasteiger partial charge in [0, 0.05) is 10.7 Å². The average Bonchev–Trinajstić information content (AvgIpc) is 3.51. The van der Waals surface area contributed by atoms with Gasteiger partial charge in [-0.15, -0.1) is 0 Å². The molecule has 0 aliphatic heterocycles. The highest BCUT2D eigenvalue weighted by Gasteiger charge is 2.62. The highest BCUT2D eigenvalue weighted by Crippen LogP contribution is 2.63. The minimum atomic E-state index is -0.875. The molecule has 2 N–H and O–H groups in total. The van der Waals surface area contributed by atoms with Crippen LogP contribution in [0, 0.1) is 35.5 Å². The lowest BCUT2D eigenvalue weighted by Gasteiger charge is -2.41. The molecule has 29 heavy (non-hydrogen) atoms. The molecule has 5 nitrogen and oxygen atoms in total. The number of nitrogens with one attached hydrogen (secondary N) is 1. The van der Waals surface area contributed by atoms with E-state index in [1.54, 1.807) is 36.4 Å². The predicted molar refractivity (Wildman–Crippen MR) is 109 cm³/mol. The molecular formula is C23H20ClNO4. The van der Waals surface area contributed by atoms with Gasteiger partial charge in [0.15, 0.2) is 0 Å². The largest absolute Gasteiger partial charge is 0.481 e. The second-order valence-electron chi connectivity index (χ2n) is 8.07. The van der Waals surface area contributed by atoms with Gasteiger partial charge < -0.3 is 15.2 Å². The smallest absolute Gasteiger partial charge is 0.307 e. The number of allylic oxidation sites excluding steroid dienone is 2. The van der Waals surface area contributed by atoms with E-state index in [0.29, 0.717) is 34.0 Å². The molecule has 0 saturated heterocycles. The first-order chi connectivity index (χ1) is 14.0. The van der Waals surface area contributed by atoms with Crippen molar-refractivity contribution in [3.8, 4) is 11.5 Å². The third-order valence-electron chi connectivity index (χ3n) is 6.39. The van der Waals surface area contributed by atoms with Gasteiger partial charge in [-0.05, 0) is 72.6 Å². The summed E-state index contributed by atoms with van der Waals surface area (Å²) < 4.78 is 5.76. The van der Waals surface area contributed by atoms with E-state index >= 15 is 0 Å². The Morgan fingerprint density at radius 3 is 2.31 bits per heavy atom. The van der Waals surface area contributed by atoms with Crippen molar-refractivity contribution in [1.82, 2.24) is 0 Å². The van der Waals surface area contributed by atoms with Gasteiger partial charge >= 0.3 is 5.97 Å². The Bertz CT molecular complexity index is 1000. The van der Waals surface area contributed by atoms with Crippen LogP contribution >= 0.6 is 11.6 Å². The summed E-state index contributed by atoms with van der Waals surface area (Å²) in [5, 5.41) is 13.2. The monoisotopic (exact) mass is 409 g/mol. The molecule has 2 bridgehead atoms. The number of anilines is 1. The SMILES string of the molecule is O=C(O)[C@@H]1[C@H]2C=C[C@@H]([C@@H]3C[C@H]23)[C@H]1C(=O)Nc1ccc(Oc2cccc(Cl)c2)cc1. The number of carbonyl (C=O) groups is 2. The van der Waals surface area contributed by atoms with Crippen LogP contribution in [0.25, 0.3) is 0 Å². The number of carbonyl (C=O) groups excluding carboxylic acids is 1. The van der Waals surface area contributed by atoms with E-state index in [4.69, 9.17) is 16.3 Å². The molecule has 6 rings (SSSR count). The highest BCUT2D eigenvalue weighted by molar-refractivity contribution is 6.30. The van der Waals surface area contributed by atoms with Crippen molar-refractivity contribution in [1.29, 1.82) is 0 Å². The first-order valence-electron chi connectivity index (χ1n) is 9.77. The van der Waals surface area contributed by atoms with Gasteiger partial charge in [-0.1, -0.05) is 29.8 Å². The van der Waals surface area contributed by atoms with Gasteiger partial charge in [-0.3, -0.25) is 9.59 Å². The Kier molecular flexibility index (Phi) is 4.36. The normalized spacial score (nSPS) is 31.1. The molecule has 2 aromatic carbocycles. The van der Waals surface area contributed by atoms with Crippen molar-refractivity contribution >= 4 is 29.2 Å². The quantitative estimate of drug-likeness (QED) is 0.693. The summed E-state index contributed by atoms with van der Waals surface area (Å²) in [7, 11) is 0. The lowest BCUT2D eigenvalue weighted by atomic mass is 9.62. The first-order valence-corrected chi connectivity index (χ1v) is 10.1. The van der Waals surface area contributed by atoms with E-state index in [2.05, 4.69) is 11.4 Å². The highest BCUT2D eigenvalue weighted by atomic mass is 35.5. The Morgan fingerprint density at radius 2 is 1.66 bits per heavy atom. The van der Waals surface area contributed by atoms with Crippen molar-refractivity contribution < 1.29 is 19.4 Å². The number of carboxylic acids is 1. The number of aliphatic carboxylic acids is 1. The Labute approximate surface area is 173 Å². The lowest BCUT2D eigenvalue weighted by molar-refractivity contribution is -0.152. The number of rotatable bonds is 5. The Balaban J connectivity index is 1.29. The number of hydrogen-bond acceptors (Lipinski definition) is 3. The molecule has 0 radical (unpaired) electrons. The summed E-state index contributed by atoms with van der Waals surface area (Å²) in [6.07, 6.45) is 5.11. The zero-order chi connectivity index (χ0) is 20.1. The maximum Gasteiger partial charge on any atom is 0.307 e. The fraction of sp³-hybridized carbons (Fsp3) is 0.304. The van der Waals surface area contributed by atoms with Crippen LogP contribution in [-0.2, 0) is 9.59 Å². The molecule has 0 aromatic heterocycles. The molecule has 0 unspecified atom stereocenters. The Morgan fingerprint density at radius 1 is 0.966 bits per heavy atom. The minimum absolute atomic E-state index is 0.0216. The molecule has 148 valence electrons. The van der Waals surface area contributed by atoms with E-state index in [9.17, 15) is 14.7 Å². The maximum absolute atomic E-state index is 13.0. The van der Waals surface area contributed by atoms with E-state index < -0.39 is 17.8 Å². The van der Waals surface area contributed by atoms with Crippen LogP contribution in [0.4, 0.5) is 5.69 Å². The van der Waals surface area contributed by atoms with Crippen LogP contribution in [0.15, 0.2) is 60.7 Å². The molecule has 0 heterocycles. The zero-order valence-electron chi connectivity index (χ0n) is 15.5. The number of halogens is 1. The van der Waals surface area contributed by atoms with E-state index in [0.717, 1.165) is 6.42 Å². The standard InChI is InChI=1S/C23H20ClNO4/c24-12-2-1-3-15(10-12)29-14-6-4-13(5-7-14)25-22(26)20-16-8-9-17(19-11-18(16)19)21(20)23(27)28/h1-10,16-21H,11H2,(H,25,26)(H,27,28)/t16-,17-,18-,19+,20+,21+/m0/s1. The molecule has 6 heteroatoms. The van der Waals surface area contributed by atoms with Crippen LogP contribution < -0.4 is 10.1 Å². The number of carboxylic acid groups (broad SMARTS) is 1. The zero-order valence-corrected chi connectivity index (χ0v) is 16.3. The molecule has 0 spiro atoms. The van der Waals surface area contributed by atoms with Gasteiger partial charge in [0.1, 0.15) is 11.5 Å². The average molecular weight is 410 g/mol. The van der Waals surface area contributed by atoms with Crippen LogP contribution in [0.1, 0.15) is 6.42 Å². The molecule has 6 atom stereocenters. The second kappa shape index (κ2) is 6.92. The summed E-state index contributed by atoms with van der Waals surface area (Å²) in [5.74, 6) is -0.0959. The third kappa shape index (κ3) is 3.29. The van der Waals surface area contributed by atoms with Crippen LogP contribution in [0.2, 0.25) is 5.02 Å². The van der Waals surface area contributed by atoms with Gasteiger partial charge in [0.2, 0.25) is 5.91 Å². The van der Waals surface area contributed by atoms with Crippen LogP contribution in [0.5, 0.6) is 11.5 Å². The van der Waals surface area contributed by atoms with Gasteiger partial charge in [-0.2, -0.15) is 0 Å². The summed E-state index contributed by atoms with van der Waals surface area (Å²) in [5.41, 5.74) is 0.621. The maximum atomic E-state index is 13.0. The number of ether oxygens (including phenoxy) is 1. The fourth-order valence-corrected chi connectivity index (χ4v) is 5.25. The van der Waals surface area contributed by atoms with Crippen LogP contribution in [-0.4, -0.2) is 17.0 Å². The van der Waals surface area contributed by atoms with Gasteiger partial charge in [0.25, 0.3) is 0 Å². The molecular weight excluding hydrogens is 390 g/mol. The van der Waals surface area contributed by atoms with Crippen molar-refractivity contribution in [2.45, 2.75) is 6.42 Å². The van der Waals surface area contributed by atoms with Gasteiger partial charge in [-0.25, -0.2) is 0 Å². The molecule has 2 saturated carbocycles. The van der Waals surface area contributed by atoms with Crippen LogP contribution in [0.3, 0.4) is 0 Å². The van der Waals surface area contributed by atoms with Crippen molar-refractivity contribution in [2.75, 3.05) is 5.32 Å². The Hall–Kier alpha value is -2.79. The summed E-state index contributed by atoms with van der Waals surface area (Å²) >= 11 is 5.97. The first kappa shape index (κ1) is 18.3. The van der Waals surface area contributed by atoms with Crippen molar-refractivity contribution in [2.24, 2.45) is 35.5 Å². The lowest BCUT2D eigenvalue weighted by Crippen LogP contribution is -2.48. The van der Waals surface area contributed by atoms with E-state index in [1.165, 1.54) is 0 Å². The molecule has 1 amide bonds. The summed E-state index contributed by atoms with van der Waals surface area (Å²) in [6, 6.07) is 14.1. The number of fused-ring (bicyclic) bond motifs is 1. The molecule has 2 aromatic rings. The second-order valence-corrected chi connectivity index (χ2v) is 8.50. The fourth-order valence-electron chi connectivity index (χ4n) is 5.07. The van der Waals surface area contributed by atoms with Crippen molar-refractivity contribution in [3.05, 3.63) is 65.7 Å². The summed E-state index contributed by atoms with van der Waals surface area (Å²) in [4.78, 5) is 24.9. The molecule has 4 aliphatic carbocycles. The number of benzene rings is 2. The predicted octanol–water partition coefficient (Wildman–Crippen LogP) is 4.84. The van der Waals surface area contributed by atoms with Crippen molar-refractivity contribution in [3.63, 3.8) is 0 Å². The molecule has 4 aliphatic rings. The van der Waals surface area contributed by atoms with E-state index in [1.807, 2.05) is 18.2 Å². The third-order valence-corrected chi connectivity index (χ3v) is 6.63. The number of hydrogen-bond donors (Lipinski definition) is 2. The van der Waals surface area contributed by atoms with Gasteiger partial charge in [0.05, 0.1) is 11.8 Å². The van der Waals surface area contributed by atoms with E-state index in [-0.39, 0.29) is 17.7 Å². The minimum Gasteiger partial charge on any atom is -0.481 e. The number of amides is 1. The topological polar surface area (TPSA) is 75.6 Å². The summed E-state index contributed by atoms with van der Waals surface area (Å²) in [6.45, 7) is 0.